The molecule has 0 aromatic heterocycles. The highest BCUT2D eigenvalue weighted by molar-refractivity contribution is 5.90. The first-order chi connectivity index (χ1) is 13.2. The van der Waals surface area contributed by atoms with Gasteiger partial charge >= 0.3 is 12.2 Å². The summed E-state index contributed by atoms with van der Waals surface area (Å²) in [5.41, 5.74) is 1.53. The van der Waals surface area contributed by atoms with Crippen molar-refractivity contribution in [3.8, 4) is 17.2 Å². The van der Waals surface area contributed by atoms with Crippen LogP contribution in [0.3, 0.4) is 0 Å². The maximum absolute atomic E-state index is 12.3. The Labute approximate surface area is 160 Å². The SMILES string of the molecule is COc1ccc(CNC(=O)Nc2cccc(OCC(F)(F)F)c2C)cc1OC. The summed E-state index contributed by atoms with van der Waals surface area (Å²) in [4.78, 5) is 12.1. The van der Waals surface area contributed by atoms with Gasteiger partial charge in [0, 0.05) is 17.8 Å². The minimum atomic E-state index is -4.44. The van der Waals surface area contributed by atoms with Gasteiger partial charge in [0.15, 0.2) is 18.1 Å². The number of benzene rings is 2. The molecule has 0 spiro atoms. The van der Waals surface area contributed by atoms with Gasteiger partial charge in [0.05, 0.1) is 14.2 Å². The molecule has 0 heterocycles. The smallest absolute Gasteiger partial charge is 0.422 e. The third-order valence-electron chi connectivity index (χ3n) is 3.82. The van der Waals surface area contributed by atoms with Crippen LogP contribution in [0.5, 0.6) is 17.2 Å². The van der Waals surface area contributed by atoms with Gasteiger partial charge in [-0.1, -0.05) is 12.1 Å². The van der Waals surface area contributed by atoms with E-state index in [0.29, 0.717) is 22.7 Å². The maximum atomic E-state index is 12.3. The lowest BCUT2D eigenvalue weighted by atomic mass is 10.2. The lowest BCUT2D eigenvalue weighted by Crippen LogP contribution is -2.28. The zero-order valence-corrected chi connectivity index (χ0v) is 15.6. The van der Waals surface area contributed by atoms with E-state index in [0.717, 1.165) is 5.56 Å². The number of urea groups is 1. The number of ether oxygens (including phenoxy) is 3. The number of halogens is 3. The average Bonchev–Trinajstić information content (AvgIpc) is 2.66. The Hall–Kier alpha value is -3.10. The first-order valence-corrected chi connectivity index (χ1v) is 8.28. The maximum Gasteiger partial charge on any atom is 0.422 e. The quantitative estimate of drug-likeness (QED) is 0.731. The molecule has 0 fully saturated rings. The highest BCUT2D eigenvalue weighted by Crippen LogP contribution is 2.28. The first-order valence-electron chi connectivity index (χ1n) is 8.28. The molecule has 0 saturated carbocycles. The second-order valence-corrected chi connectivity index (χ2v) is 5.83. The summed E-state index contributed by atoms with van der Waals surface area (Å²) in [7, 11) is 3.04. The highest BCUT2D eigenvalue weighted by Gasteiger charge is 2.28. The molecule has 0 atom stereocenters. The van der Waals surface area contributed by atoms with Gasteiger partial charge in [0.1, 0.15) is 5.75 Å². The monoisotopic (exact) mass is 398 g/mol. The summed E-state index contributed by atoms with van der Waals surface area (Å²) in [6.07, 6.45) is -4.44. The minimum absolute atomic E-state index is 0.0509. The molecule has 0 aliphatic rings. The van der Waals surface area contributed by atoms with Crippen LogP contribution in [-0.4, -0.2) is 33.0 Å². The van der Waals surface area contributed by atoms with Crippen LogP contribution in [0.2, 0.25) is 0 Å². The molecule has 0 unspecified atom stereocenters. The number of nitrogens with one attached hydrogen (secondary N) is 2. The van der Waals surface area contributed by atoms with E-state index in [4.69, 9.17) is 14.2 Å². The third kappa shape index (κ3) is 5.97. The van der Waals surface area contributed by atoms with Gasteiger partial charge in [-0.15, -0.1) is 0 Å². The van der Waals surface area contributed by atoms with Gasteiger partial charge in [0.2, 0.25) is 0 Å². The van der Waals surface area contributed by atoms with E-state index in [-0.39, 0.29) is 12.3 Å². The van der Waals surface area contributed by atoms with Crippen molar-refractivity contribution in [3.63, 3.8) is 0 Å². The molecule has 0 saturated heterocycles. The molecule has 152 valence electrons. The summed E-state index contributed by atoms with van der Waals surface area (Å²) in [6, 6.07) is 9.21. The molecule has 0 aliphatic heterocycles. The van der Waals surface area contributed by atoms with Crippen LogP contribution in [0, 0.1) is 6.92 Å². The molecule has 6 nitrogen and oxygen atoms in total. The van der Waals surface area contributed by atoms with Crippen molar-refractivity contribution < 1.29 is 32.2 Å². The number of carbonyl (C=O) groups excluding carboxylic acids is 1. The lowest BCUT2D eigenvalue weighted by molar-refractivity contribution is -0.153. The van der Waals surface area contributed by atoms with E-state index in [2.05, 4.69) is 10.6 Å². The van der Waals surface area contributed by atoms with Gasteiger partial charge in [-0.3, -0.25) is 0 Å². The fraction of sp³-hybridized carbons (Fsp3) is 0.316. The molecule has 0 bridgehead atoms. The normalized spacial score (nSPS) is 10.9. The van der Waals surface area contributed by atoms with Crippen LogP contribution in [0.15, 0.2) is 36.4 Å². The van der Waals surface area contributed by atoms with E-state index in [1.807, 2.05) is 0 Å². The summed E-state index contributed by atoms with van der Waals surface area (Å²) >= 11 is 0. The molecule has 2 aromatic carbocycles. The number of alkyl halides is 3. The van der Waals surface area contributed by atoms with Crippen molar-refractivity contribution in [3.05, 3.63) is 47.5 Å². The highest BCUT2D eigenvalue weighted by atomic mass is 19.4. The van der Waals surface area contributed by atoms with Crippen LogP contribution in [0.4, 0.5) is 23.7 Å². The molecular weight excluding hydrogens is 377 g/mol. The number of rotatable bonds is 7. The Morgan fingerprint density at radius 1 is 1.04 bits per heavy atom. The summed E-state index contributed by atoms with van der Waals surface area (Å²) in [6.45, 7) is 0.383. The molecule has 0 radical (unpaired) electrons. The number of hydrogen-bond donors (Lipinski definition) is 2. The summed E-state index contributed by atoms with van der Waals surface area (Å²) in [5, 5.41) is 5.27. The molecule has 0 aliphatic carbocycles. The molecule has 28 heavy (non-hydrogen) atoms. The van der Waals surface area contributed by atoms with Gasteiger partial charge in [0.25, 0.3) is 0 Å². The number of anilines is 1. The van der Waals surface area contributed by atoms with Crippen molar-refractivity contribution >= 4 is 11.7 Å². The zero-order valence-electron chi connectivity index (χ0n) is 15.6. The van der Waals surface area contributed by atoms with Gasteiger partial charge in [-0.2, -0.15) is 13.2 Å². The van der Waals surface area contributed by atoms with Gasteiger partial charge < -0.3 is 24.8 Å². The van der Waals surface area contributed by atoms with Crippen molar-refractivity contribution in [2.45, 2.75) is 19.6 Å². The van der Waals surface area contributed by atoms with Crippen molar-refractivity contribution in [1.29, 1.82) is 0 Å². The van der Waals surface area contributed by atoms with Crippen molar-refractivity contribution in [2.75, 3.05) is 26.1 Å². The molecule has 2 N–H and O–H groups in total. The molecule has 2 rings (SSSR count). The van der Waals surface area contributed by atoms with E-state index in [1.165, 1.54) is 26.4 Å². The predicted molar refractivity (Wildman–Crippen MR) is 98.1 cm³/mol. The predicted octanol–water partition coefficient (Wildman–Crippen LogP) is 4.28. The zero-order chi connectivity index (χ0) is 20.7. The van der Waals surface area contributed by atoms with Crippen LogP contribution in [0.25, 0.3) is 0 Å². The summed E-state index contributed by atoms with van der Waals surface area (Å²) < 4.78 is 52.1. The first kappa shape index (κ1) is 21.2. The molecule has 9 heteroatoms. The Kier molecular flexibility index (Phi) is 6.97. The average molecular weight is 398 g/mol. The standard InChI is InChI=1S/C19H21F3N2O4/c1-12-14(5-4-6-15(12)28-11-19(20,21)22)24-18(25)23-10-13-7-8-16(26-2)17(9-13)27-3/h4-9H,10-11H2,1-3H3,(H2,23,24,25). The molecule has 2 aromatic rings. The third-order valence-corrected chi connectivity index (χ3v) is 3.82. The second kappa shape index (κ2) is 9.20. The Morgan fingerprint density at radius 2 is 1.75 bits per heavy atom. The number of methoxy groups -OCH3 is 2. The second-order valence-electron chi connectivity index (χ2n) is 5.83. The van der Waals surface area contributed by atoms with E-state index < -0.39 is 18.8 Å². The Balaban J connectivity index is 1.98. The van der Waals surface area contributed by atoms with E-state index >= 15 is 0 Å². The number of amides is 2. The van der Waals surface area contributed by atoms with Crippen LogP contribution < -0.4 is 24.8 Å². The van der Waals surface area contributed by atoms with Crippen molar-refractivity contribution in [2.24, 2.45) is 0 Å². The van der Waals surface area contributed by atoms with Crippen LogP contribution in [0.1, 0.15) is 11.1 Å². The molecular formula is C19H21F3N2O4. The van der Waals surface area contributed by atoms with E-state index in [9.17, 15) is 18.0 Å². The molecule has 2 amide bonds. The van der Waals surface area contributed by atoms with Gasteiger partial charge in [-0.05, 0) is 36.8 Å². The fourth-order valence-corrected chi connectivity index (χ4v) is 2.41. The summed E-state index contributed by atoms with van der Waals surface area (Å²) in [5.74, 6) is 1.16. The lowest BCUT2D eigenvalue weighted by Gasteiger charge is -2.15. The van der Waals surface area contributed by atoms with E-state index in [1.54, 1.807) is 31.2 Å². The van der Waals surface area contributed by atoms with Crippen LogP contribution in [-0.2, 0) is 6.54 Å². The van der Waals surface area contributed by atoms with Gasteiger partial charge in [-0.25, -0.2) is 4.79 Å². The fourth-order valence-electron chi connectivity index (χ4n) is 2.41. The van der Waals surface area contributed by atoms with Crippen molar-refractivity contribution in [1.82, 2.24) is 5.32 Å². The largest absolute Gasteiger partial charge is 0.493 e. The topological polar surface area (TPSA) is 68.8 Å². The number of hydrogen-bond acceptors (Lipinski definition) is 4. The van der Waals surface area contributed by atoms with Crippen LogP contribution >= 0.6 is 0 Å². The minimum Gasteiger partial charge on any atom is -0.493 e. The Morgan fingerprint density at radius 3 is 2.39 bits per heavy atom. The Bertz CT molecular complexity index is 825. The number of carbonyl (C=O) groups is 1.